The highest BCUT2D eigenvalue weighted by Gasteiger charge is 2.37. The van der Waals surface area contributed by atoms with E-state index in [0.717, 1.165) is 34.7 Å². The molecule has 0 saturated carbocycles. The second kappa shape index (κ2) is 11.0. The number of carbonyl (C=O) groups excluding carboxylic acids is 3. The van der Waals surface area contributed by atoms with Gasteiger partial charge in [0.05, 0.1) is 19.3 Å². The summed E-state index contributed by atoms with van der Waals surface area (Å²) in [7, 11) is 1.61. The first-order valence-electron chi connectivity index (χ1n) is 13.7. The van der Waals surface area contributed by atoms with Crippen molar-refractivity contribution < 1.29 is 23.9 Å². The van der Waals surface area contributed by atoms with E-state index in [1.165, 1.54) is 0 Å². The molecule has 0 spiro atoms. The van der Waals surface area contributed by atoms with Gasteiger partial charge in [-0.15, -0.1) is 0 Å². The van der Waals surface area contributed by atoms with Crippen molar-refractivity contribution >= 4 is 29.2 Å². The third-order valence-corrected chi connectivity index (χ3v) is 7.67. The smallest absolute Gasteiger partial charge is 0.340 e. The average Bonchev–Trinajstić information content (AvgIpc) is 3.30. The van der Waals surface area contributed by atoms with E-state index in [9.17, 15) is 14.4 Å². The molecular weight excluding hydrogens is 494 g/mol. The first-order chi connectivity index (χ1) is 18.9. The maximum Gasteiger partial charge on any atom is 0.340 e. The van der Waals surface area contributed by atoms with Crippen LogP contribution in [0.1, 0.15) is 65.7 Å². The third kappa shape index (κ3) is 4.80. The first kappa shape index (κ1) is 26.5. The summed E-state index contributed by atoms with van der Waals surface area (Å²) in [6.07, 6.45) is 2.55. The number of piperidine rings is 1. The number of fused-ring (bicyclic) bond motifs is 1. The fourth-order valence-electron chi connectivity index (χ4n) is 5.71. The lowest BCUT2D eigenvalue weighted by Gasteiger charge is -2.32. The molecular formula is C31H35N3O5. The highest BCUT2D eigenvalue weighted by Crippen LogP contribution is 2.35. The van der Waals surface area contributed by atoms with Crippen molar-refractivity contribution in [1.82, 2.24) is 4.57 Å². The van der Waals surface area contributed by atoms with E-state index in [4.69, 9.17) is 9.47 Å². The van der Waals surface area contributed by atoms with E-state index in [1.807, 2.05) is 64.9 Å². The molecule has 1 aromatic heterocycles. The van der Waals surface area contributed by atoms with Crippen molar-refractivity contribution in [1.29, 1.82) is 0 Å². The number of aromatic nitrogens is 1. The van der Waals surface area contributed by atoms with Crippen LogP contribution in [0.25, 0.3) is 5.69 Å². The van der Waals surface area contributed by atoms with Crippen LogP contribution < -0.4 is 14.5 Å². The normalized spacial score (nSPS) is 17.3. The van der Waals surface area contributed by atoms with E-state index in [1.54, 1.807) is 18.9 Å². The minimum atomic E-state index is -0.399. The highest BCUT2D eigenvalue weighted by atomic mass is 16.5. The number of ether oxygens (including phenoxy) is 2. The minimum absolute atomic E-state index is 0.135. The van der Waals surface area contributed by atoms with Gasteiger partial charge in [-0.2, -0.15) is 0 Å². The van der Waals surface area contributed by atoms with Crippen LogP contribution in [0.3, 0.4) is 0 Å². The minimum Gasteiger partial charge on any atom is -0.497 e. The Hall–Kier alpha value is -4.07. The molecule has 2 aliphatic heterocycles. The summed E-state index contributed by atoms with van der Waals surface area (Å²) < 4.78 is 12.7. The van der Waals surface area contributed by atoms with Crippen LogP contribution in [-0.4, -0.2) is 49.2 Å². The van der Waals surface area contributed by atoms with Crippen LogP contribution in [0.5, 0.6) is 5.75 Å². The van der Waals surface area contributed by atoms with Gasteiger partial charge in [0, 0.05) is 42.3 Å². The Balaban J connectivity index is 1.55. The maximum absolute atomic E-state index is 14.1. The molecule has 1 saturated heterocycles. The van der Waals surface area contributed by atoms with E-state index in [2.05, 4.69) is 6.92 Å². The Morgan fingerprint density at radius 3 is 2.18 bits per heavy atom. The lowest BCUT2D eigenvalue weighted by atomic mass is 9.98. The molecule has 2 aromatic carbocycles. The van der Waals surface area contributed by atoms with Crippen molar-refractivity contribution in [2.24, 2.45) is 5.92 Å². The Morgan fingerprint density at radius 1 is 0.923 bits per heavy atom. The van der Waals surface area contributed by atoms with Gasteiger partial charge in [-0.3, -0.25) is 9.59 Å². The number of benzene rings is 2. The third-order valence-electron chi connectivity index (χ3n) is 7.67. The molecule has 0 aliphatic carbocycles. The predicted octanol–water partition coefficient (Wildman–Crippen LogP) is 5.19. The number of esters is 1. The number of hydrogen-bond acceptors (Lipinski definition) is 5. The fraction of sp³-hybridized carbons (Fsp3) is 0.387. The van der Waals surface area contributed by atoms with Gasteiger partial charge in [-0.1, -0.05) is 13.8 Å². The van der Waals surface area contributed by atoms with Crippen LogP contribution in [0.15, 0.2) is 48.5 Å². The van der Waals surface area contributed by atoms with Crippen molar-refractivity contribution in [3.05, 3.63) is 71.0 Å². The average molecular weight is 530 g/mol. The van der Waals surface area contributed by atoms with Crippen LogP contribution in [0.2, 0.25) is 0 Å². The Kier molecular flexibility index (Phi) is 7.46. The second-order valence-corrected chi connectivity index (χ2v) is 10.1. The Bertz CT molecular complexity index is 1390. The molecule has 8 nitrogen and oxygen atoms in total. The maximum atomic E-state index is 14.1. The van der Waals surface area contributed by atoms with Crippen molar-refractivity contribution in [3.63, 3.8) is 0 Å². The summed E-state index contributed by atoms with van der Waals surface area (Å²) in [6.45, 7) is 7.32. The van der Waals surface area contributed by atoms with Crippen molar-refractivity contribution in [2.75, 3.05) is 36.6 Å². The molecule has 39 heavy (non-hydrogen) atoms. The van der Waals surface area contributed by atoms with Gasteiger partial charge in [0.2, 0.25) is 5.91 Å². The number of hydrogen-bond donors (Lipinski definition) is 0. The summed E-state index contributed by atoms with van der Waals surface area (Å²) in [6, 6.07) is 15.1. The standard InChI is InChI=1S/C31H35N3O5/c1-5-26-28(31(37)39-6-2)25-17-18-32(30(36)29(25)34(26)23-12-14-24(38-4)15-13-23)21-8-10-22(11-9-21)33-19-20(3)7-16-27(33)35/h8-15,20H,5-7,16-19H2,1-4H3. The molecule has 0 N–H and O–H groups in total. The summed E-state index contributed by atoms with van der Waals surface area (Å²) >= 11 is 0. The lowest BCUT2D eigenvalue weighted by Crippen LogP contribution is -2.40. The van der Waals surface area contributed by atoms with Gasteiger partial charge in [-0.25, -0.2) is 4.79 Å². The van der Waals surface area contributed by atoms with Crippen LogP contribution in [0, 0.1) is 5.92 Å². The second-order valence-electron chi connectivity index (χ2n) is 10.1. The molecule has 1 atom stereocenters. The number of amides is 2. The Morgan fingerprint density at radius 2 is 1.56 bits per heavy atom. The molecule has 0 bridgehead atoms. The molecule has 204 valence electrons. The van der Waals surface area contributed by atoms with Crippen molar-refractivity contribution in [2.45, 2.75) is 46.5 Å². The summed E-state index contributed by atoms with van der Waals surface area (Å²) in [4.78, 5) is 43.4. The van der Waals surface area contributed by atoms with E-state index in [0.29, 0.717) is 55.3 Å². The van der Waals surface area contributed by atoms with Crippen LogP contribution in [-0.2, 0) is 22.4 Å². The molecule has 1 fully saturated rings. The van der Waals surface area contributed by atoms with Gasteiger partial charge in [0.1, 0.15) is 11.4 Å². The zero-order valence-electron chi connectivity index (χ0n) is 23.0. The molecule has 2 amide bonds. The van der Waals surface area contributed by atoms with Gasteiger partial charge >= 0.3 is 5.97 Å². The number of carbonyl (C=O) groups is 3. The molecule has 1 unspecified atom stereocenters. The van der Waals surface area contributed by atoms with Crippen LogP contribution >= 0.6 is 0 Å². The van der Waals surface area contributed by atoms with E-state index < -0.39 is 5.97 Å². The largest absolute Gasteiger partial charge is 0.497 e. The zero-order chi connectivity index (χ0) is 27.7. The number of rotatable bonds is 7. The monoisotopic (exact) mass is 529 g/mol. The zero-order valence-corrected chi connectivity index (χ0v) is 23.0. The quantitative estimate of drug-likeness (QED) is 0.394. The summed E-state index contributed by atoms with van der Waals surface area (Å²) in [5.41, 5.74) is 4.84. The van der Waals surface area contributed by atoms with E-state index in [-0.39, 0.29) is 18.4 Å². The first-order valence-corrected chi connectivity index (χ1v) is 13.7. The van der Waals surface area contributed by atoms with Gasteiger partial charge in [0.15, 0.2) is 0 Å². The lowest BCUT2D eigenvalue weighted by molar-refractivity contribution is -0.120. The molecule has 2 aliphatic rings. The topological polar surface area (TPSA) is 81.1 Å². The SMILES string of the molecule is CCOC(=O)c1c2c(n(-c3ccc(OC)cc3)c1CC)C(=O)N(c1ccc(N3CC(C)CCC3=O)cc1)CC2. The number of methoxy groups -OCH3 is 1. The Labute approximate surface area is 229 Å². The van der Waals surface area contributed by atoms with Gasteiger partial charge < -0.3 is 23.8 Å². The number of nitrogens with zero attached hydrogens (tertiary/aromatic N) is 3. The summed E-state index contributed by atoms with van der Waals surface area (Å²) in [5, 5.41) is 0. The predicted molar refractivity (Wildman–Crippen MR) is 150 cm³/mol. The molecule has 3 heterocycles. The fourth-order valence-corrected chi connectivity index (χ4v) is 5.71. The van der Waals surface area contributed by atoms with E-state index >= 15 is 0 Å². The number of anilines is 2. The molecule has 0 radical (unpaired) electrons. The molecule has 5 rings (SSSR count). The highest BCUT2D eigenvalue weighted by molar-refractivity contribution is 6.10. The molecule has 8 heteroatoms. The van der Waals surface area contributed by atoms with Crippen molar-refractivity contribution in [3.8, 4) is 11.4 Å². The van der Waals surface area contributed by atoms with Gasteiger partial charge in [-0.05, 0) is 86.2 Å². The summed E-state index contributed by atoms with van der Waals surface area (Å²) in [5.74, 6) is 0.724. The molecule has 3 aromatic rings. The van der Waals surface area contributed by atoms with Gasteiger partial charge in [0.25, 0.3) is 5.91 Å². The van der Waals surface area contributed by atoms with Crippen LogP contribution in [0.4, 0.5) is 11.4 Å².